The Bertz CT molecular complexity index is 365. The fraction of sp³-hybridized carbons (Fsp3) is 0.538. The molecule has 1 heterocycles. The van der Waals surface area contributed by atoms with Gasteiger partial charge in [0.25, 0.3) is 0 Å². The summed E-state index contributed by atoms with van der Waals surface area (Å²) in [5.74, 6) is 0. The molecule has 0 saturated carbocycles. The van der Waals surface area contributed by atoms with Gasteiger partial charge in [-0.05, 0) is 50.4 Å². The zero-order valence-corrected chi connectivity index (χ0v) is 10.5. The lowest BCUT2D eigenvalue weighted by Crippen LogP contribution is -2.32. The first-order chi connectivity index (χ1) is 7.77. The first kappa shape index (κ1) is 11.7. The van der Waals surface area contributed by atoms with Crippen LogP contribution >= 0.6 is 11.6 Å². The molecule has 2 N–H and O–H groups in total. The molecule has 0 radical (unpaired) electrons. The number of nitrogens with zero attached hydrogens (tertiary/aromatic N) is 1. The lowest BCUT2D eigenvalue weighted by molar-refractivity contribution is 0.565. The molecule has 3 heteroatoms. The molecule has 1 aromatic carbocycles. The number of hydrogen-bond acceptors (Lipinski definition) is 2. The third kappa shape index (κ3) is 2.04. The van der Waals surface area contributed by atoms with Gasteiger partial charge in [0.1, 0.15) is 0 Å². The third-order valence-electron chi connectivity index (χ3n) is 3.37. The van der Waals surface area contributed by atoms with Crippen LogP contribution in [0.15, 0.2) is 18.2 Å². The van der Waals surface area contributed by atoms with Crippen LogP contribution in [-0.4, -0.2) is 19.1 Å². The molecule has 1 aliphatic heterocycles. The van der Waals surface area contributed by atoms with Gasteiger partial charge < -0.3 is 10.6 Å². The summed E-state index contributed by atoms with van der Waals surface area (Å²) >= 11 is 6.24. The molecule has 1 unspecified atom stereocenters. The minimum absolute atomic E-state index is 0.587. The van der Waals surface area contributed by atoms with Crippen molar-refractivity contribution in [2.24, 2.45) is 5.73 Å². The summed E-state index contributed by atoms with van der Waals surface area (Å²) in [6.45, 7) is 4.02. The van der Waals surface area contributed by atoms with E-state index in [1.165, 1.54) is 11.3 Å². The van der Waals surface area contributed by atoms with E-state index in [-0.39, 0.29) is 0 Å². The molecular formula is C13H19ClN2. The molecule has 2 rings (SSSR count). The Labute approximate surface area is 102 Å². The van der Waals surface area contributed by atoms with E-state index in [9.17, 15) is 0 Å². The van der Waals surface area contributed by atoms with Crippen molar-refractivity contribution < 1.29 is 0 Å². The van der Waals surface area contributed by atoms with Crippen molar-refractivity contribution >= 4 is 17.3 Å². The predicted molar refractivity (Wildman–Crippen MR) is 70.3 cm³/mol. The fourth-order valence-electron chi connectivity index (χ4n) is 2.60. The number of hydrogen-bond donors (Lipinski definition) is 1. The minimum atomic E-state index is 0.587. The van der Waals surface area contributed by atoms with Gasteiger partial charge in [-0.2, -0.15) is 0 Å². The smallest absolute Gasteiger partial charge is 0.0459 e. The van der Waals surface area contributed by atoms with Gasteiger partial charge in [-0.1, -0.05) is 17.7 Å². The Morgan fingerprint density at radius 1 is 1.50 bits per heavy atom. The second-order valence-electron chi connectivity index (χ2n) is 4.31. The van der Waals surface area contributed by atoms with E-state index < -0.39 is 0 Å². The van der Waals surface area contributed by atoms with Crippen molar-refractivity contribution in [1.82, 2.24) is 0 Å². The number of nitrogens with two attached hydrogens (primary N) is 1. The number of halogens is 1. The highest BCUT2D eigenvalue weighted by atomic mass is 35.5. The maximum atomic E-state index is 6.24. The number of anilines is 1. The summed E-state index contributed by atoms with van der Waals surface area (Å²) < 4.78 is 0. The summed E-state index contributed by atoms with van der Waals surface area (Å²) in [5, 5.41) is 0.909. The first-order valence-electron chi connectivity index (χ1n) is 6.02. The minimum Gasteiger partial charge on any atom is -0.368 e. The molecule has 0 fully saturated rings. The lowest BCUT2D eigenvalue weighted by Gasteiger charge is -2.26. The molecule has 0 aliphatic carbocycles. The van der Waals surface area contributed by atoms with Crippen molar-refractivity contribution in [2.45, 2.75) is 32.2 Å². The highest BCUT2D eigenvalue weighted by Gasteiger charge is 2.28. The van der Waals surface area contributed by atoms with Crippen LogP contribution in [0.4, 0.5) is 5.69 Å². The van der Waals surface area contributed by atoms with Crippen LogP contribution in [0.2, 0.25) is 5.02 Å². The Kier molecular flexibility index (Phi) is 3.72. The van der Waals surface area contributed by atoms with Crippen LogP contribution in [0.5, 0.6) is 0 Å². The van der Waals surface area contributed by atoms with Crippen molar-refractivity contribution in [2.75, 3.05) is 18.0 Å². The molecule has 1 aromatic rings. The van der Waals surface area contributed by atoms with E-state index in [2.05, 4.69) is 17.9 Å². The second-order valence-corrected chi connectivity index (χ2v) is 4.72. The molecule has 1 atom stereocenters. The molecule has 0 amide bonds. The Morgan fingerprint density at radius 2 is 2.31 bits per heavy atom. The highest BCUT2D eigenvalue weighted by molar-refractivity contribution is 6.31. The molecule has 0 saturated heterocycles. The van der Waals surface area contributed by atoms with E-state index in [0.717, 1.165) is 37.4 Å². The Balaban J connectivity index is 2.22. The van der Waals surface area contributed by atoms with Crippen LogP contribution in [0.25, 0.3) is 0 Å². The van der Waals surface area contributed by atoms with Crippen molar-refractivity contribution in [3.63, 3.8) is 0 Å². The number of rotatable bonds is 4. The van der Waals surface area contributed by atoms with E-state index in [0.29, 0.717) is 6.04 Å². The topological polar surface area (TPSA) is 29.3 Å². The van der Waals surface area contributed by atoms with E-state index in [1.54, 1.807) is 0 Å². The van der Waals surface area contributed by atoms with E-state index >= 15 is 0 Å². The van der Waals surface area contributed by atoms with Gasteiger partial charge >= 0.3 is 0 Å². The quantitative estimate of drug-likeness (QED) is 0.874. The van der Waals surface area contributed by atoms with Gasteiger partial charge in [0.05, 0.1) is 0 Å². The van der Waals surface area contributed by atoms with Gasteiger partial charge in [-0.25, -0.2) is 0 Å². The molecular weight excluding hydrogens is 220 g/mol. The Hall–Kier alpha value is -0.730. The molecule has 16 heavy (non-hydrogen) atoms. The maximum absolute atomic E-state index is 6.24. The molecule has 88 valence electrons. The summed E-state index contributed by atoms with van der Waals surface area (Å²) in [6, 6.07) is 6.78. The highest BCUT2D eigenvalue weighted by Crippen LogP contribution is 2.37. The van der Waals surface area contributed by atoms with E-state index in [4.69, 9.17) is 17.3 Å². The third-order valence-corrected chi connectivity index (χ3v) is 3.72. The van der Waals surface area contributed by atoms with Crippen molar-refractivity contribution in [3.05, 3.63) is 28.8 Å². The second kappa shape index (κ2) is 5.07. The van der Waals surface area contributed by atoms with Gasteiger partial charge in [0, 0.05) is 23.3 Å². The number of benzene rings is 1. The average molecular weight is 239 g/mol. The van der Waals surface area contributed by atoms with Crippen molar-refractivity contribution in [1.29, 1.82) is 0 Å². The molecule has 0 spiro atoms. The van der Waals surface area contributed by atoms with Gasteiger partial charge in [0.2, 0.25) is 0 Å². The molecule has 0 bridgehead atoms. The average Bonchev–Trinajstić information content (AvgIpc) is 2.65. The summed E-state index contributed by atoms with van der Waals surface area (Å²) in [7, 11) is 0. The summed E-state index contributed by atoms with van der Waals surface area (Å²) in [6.07, 6.45) is 3.32. The van der Waals surface area contributed by atoms with Gasteiger partial charge in [0.15, 0.2) is 0 Å². The predicted octanol–water partition coefficient (Wildman–Crippen LogP) is 2.83. The monoisotopic (exact) mass is 238 g/mol. The van der Waals surface area contributed by atoms with Crippen LogP contribution in [0.1, 0.15) is 25.3 Å². The zero-order chi connectivity index (χ0) is 11.5. The summed E-state index contributed by atoms with van der Waals surface area (Å²) in [4.78, 5) is 2.46. The first-order valence-corrected chi connectivity index (χ1v) is 6.39. The van der Waals surface area contributed by atoms with Crippen LogP contribution in [-0.2, 0) is 6.42 Å². The Morgan fingerprint density at radius 3 is 3.00 bits per heavy atom. The molecule has 0 aromatic heterocycles. The van der Waals surface area contributed by atoms with Gasteiger partial charge in [-0.3, -0.25) is 0 Å². The fourth-order valence-corrected chi connectivity index (χ4v) is 2.85. The van der Waals surface area contributed by atoms with Crippen molar-refractivity contribution in [3.8, 4) is 0 Å². The standard InChI is InChI=1S/C13H19ClN2/c1-2-16-10(5-4-8-15)9-11-12(14)6-3-7-13(11)16/h3,6-7,10H,2,4-5,8-9,15H2,1H3. The van der Waals surface area contributed by atoms with Crippen LogP contribution < -0.4 is 10.6 Å². The number of fused-ring (bicyclic) bond motifs is 1. The normalized spacial score (nSPS) is 18.9. The van der Waals surface area contributed by atoms with Crippen LogP contribution in [0.3, 0.4) is 0 Å². The zero-order valence-electron chi connectivity index (χ0n) is 9.75. The van der Waals surface area contributed by atoms with Gasteiger partial charge in [-0.15, -0.1) is 0 Å². The number of likely N-dealkylation sites (N-methyl/N-ethyl adjacent to an activating group) is 1. The maximum Gasteiger partial charge on any atom is 0.0459 e. The summed E-state index contributed by atoms with van der Waals surface area (Å²) in [5.41, 5.74) is 8.21. The molecule has 1 aliphatic rings. The molecule has 2 nitrogen and oxygen atoms in total. The lowest BCUT2D eigenvalue weighted by atomic mass is 10.1. The van der Waals surface area contributed by atoms with Crippen LogP contribution in [0, 0.1) is 0 Å². The SMILES string of the molecule is CCN1c2cccc(Cl)c2CC1CCCN. The largest absolute Gasteiger partial charge is 0.368 e. The van der Waals surface area contributed by atoms with E-state index in [1.807, 2.05) is 12.1 Å².